The number of nitriles is 1. The quantitative estimate of drug-likeness (QED) is 0.639. The number of benzene rings is 1. The van der Waals surface area contributed by atoms with Gasteiger partial charge in [-0.3, -0.25) is 4.79 Å². The summed E-state index contributed by atoms with van der Waals surface area (Å²) in [5, 5.41) is 18.2. The first-order valence-electron chi connectivity index (χ1n) is 10.7. The standard InChI is InChI=1S/C23H32N2O4/c1-23(2)22(28-14-7-5-3-4-6-13-26)21(25-12-8-9-20(25)27)18-15-17(16-24)10-11-19(18)29-23/h10-11,15,21-22,26H,3-9,12-14H2,1-2H3/t21-,22+/m1/s1. The molecule has 2 atom stereocenters. The molecule has 2 aliphatic rings. The molecular weight excluding hydrogens is 368 g/mol. The molecule has 158 valence electrons. The Bertz CT molecular complexity index is 756. The van der Waals surface area contributed by atoms with Crippen LogP contribution in [0.2, 0.25) is 0 Å². The first kappa shape index (κ1) is 21.6. The Morgan fingerprint density at radius 1 is 1.28 bits per heavy atom. The maximum absolute atomic E-state index is 12.6. The minimum atomic E-state index is -0.592. The van der Waals surface area contributed by atoms with E-state index in [0.717, 1.165) is 49.8 Å². The van der Waals surface area contributed by atoms with Gasteiger partial charge in [0.05, 0.1) is 17.7 Å². The van der Waals surface area contributed by atoms with Gasteiger partial charge in [0.1, 0.15) is 17.5 Å². The van der Waals surface area contributed by atoms with Gasteiger partial charge in [0.25, 0.3) is 0 Å². The third-order valence-corrected chi connectivity index (χ3v) is 5.85. The Kier molecular flexibility index (Phi) is 7.15. The summed E-state index contributed by atoms with van der Waals surface area (Å²) in [6.45, 7) is 5.57. The molecule has 6 nitrogen and oxygen atoms in total. The number of nitrogens with zero attached hydrogens (tertiary/aromatic N) is 2. The first-order valence-corrected chi connectivity index (χ1v) is 10.7. The number of hydrogen-bond acceptors (Lipinski definition) is 5. The molecule has 0 bridgehead atoms. The van der Waals surface area contributed by atoms with Crippen LogP contribution in [0, 0.1) is 11.3 Å². The minimum absolute atomic E-state index is 0.138. The van der Waals surface area contributed by atoms with Gasteiger partial charge in [-0.05, 0) is 51.3 Å². The van der Waals surface area contributed by atoms with Gasteiger partial charge in [-0.25, -0.2) is 0 Å². The molecule has 1 aromatic carbocycles. The van der Waals surface area contributed by atoms with E-state index in [9.17, 15) is 10.1 Å². The summed E-state index contributed by atoms with van der Waals surface area (Å²) in [5.41, 5.74) is 0.837. The molecule has 3 rings (SSSR count). The molecule has 1 fully saturated rings. The van der Waals surface area contributed by atoms with Crippen molar-refractivity contribution >= 4 is 5.91 Å². The smallest absolute Gasteiger partial charge is 0.223 e. The summed E-state index contributed by atoms with van der Waals surface area (Å²) in [5.74, 6) is 0.862. The van der Waals surface area contributed by atoms with Gasteiger partial charge in [0, 0.05) is 31.7 Å². The van der Waals surface area contributed by atoms with Gasteiger partial charge in [-0.2, -0.15) is 5.26 Å². The molecule has 0 unspecified atom stereocenters. The lowest BCUT2D eigenvalue weighted by Gasteiger charge is -2.47. The molecule has 2 heterocycles. The van der Waals surface area contributed by atoms with Gasteiger partial charge >= 0.3 is 0 Å². The van der Waals surface area contributed by atoms with Crippen molar-refractivity contribution in [3.63, 3.8) is 0 Å². The molecule has 29 heavy (non-hydrogen) atoms. The highest BCUT2D eigenvalue weighted by molar-refractivity contribution is 5.79. The number of hydrogen-bond donors (Lipinski definition) is 1. The third kappa shape index (κ3) is 4.91. The van der Waals surface area contributed by atoms with Crippen molar-refractivity contribution in [3.05, 3.63) is 29.3 Å². The molecule has 1 aromatic rings. The average molecular weight is 401 g/mol. The van der Waals surface area contributed by atoms with E-state index in [1.807, 2.05) is 30.9 Å². The van der Waals surface area contributed by atoms with E-state index in [4.69, 9.17) is 14.6 Å². The third-order valence-electron chi connectivity index (χ3n) is 5.85. The van der Waals surface area contributed by atoms with Crippen LogP contribution in [0.15, 0.2) is 18.2 Å². The summed E-state index contributed by atoms with van der Waals surface area (Å²) in [7, 11) is 0. The van der Waals surface area contributed by atoms with Gasteiger partial charge < -0.3 is 19.5 Å². The number of aliphatic hydroxyl groups is 1. The van der Waals surface area contributed by atoms with Crippen LogP contribution in [0.1, 0.15) is 76.0 Å². The zero-order valence-electron chi connectivity index (χ0n) is 17.5. The number of unbranched alkanes of at least 4 members (excludes halogenated alkanes) is 4. The zero-order valence-corrected chi connectivity index (χ0v) is 17.5. The molecule has 0 radical (unpaired) electrons. The van der Waals surface area contributed by atoms with E-state index >= 15 is 0 Å². The number of aliphatic hydroxyl groups excluding tert-OH is 1. The molecule has 2 aliphatic heterocycles. The summed E-state index contributed by atoms with van der Waals surface area (Å²) in [4.78, 5) is 14.5. The van der Waals surface area contributed by atoms with E-state index < -0.39 is 5.60 Å². The monoisotopic (exact) mass is 400 g/mol. The number of carbonyl (C=O) groups is 1. The van der Waals surface area contributed by atoms with Gasteiger partial charge in [0.2, 0.25) is 5.91 Å². The number of amides is 1. The average Bonchev–Trinajstić information content (AvgIpc) is 3.12. The van der Waals surface area contributed by atoms with Crippen molar-refractivity contribution in [2.75, 3.05) is 19.8 Å². The second-order valence-electron chi connectivity index (χ2n) is 8.49. The second-order valence-corrected chi connectivity index (χ2v) is 8.49. The SMILES string of the molecule is CC1(C)Oc2ccc(C#N)cc2[C@@H](N2CCCC2=O)[C@@H]1OCCCCCCCO. The van der Waals surface area contributed by atoms with Crippen molar-refractivity contribution in [1.82, 2.24) is 4.90 Å². The summed E-state index contributed by atoms with van der Waals surface area (Å²) in [6, 6.07) is 7.38. The maximum Gasteiger partial charge on any atom is 0.223 e. The van der Waals surface area contributed by atoms with Crippen molar-refractivity contribution in [2.45, 2.75) is 76.5 Å². The highest BCUT2D eigenvalue weighted by atomic mass is 16.6. The first-order chi connectivity index (χ1) is 14.0. The molecule has 0 spiro atoms. The Morgan fingerprint density at radius 3 is 2.72 bits per heavy atom. The Labute approximate surface area is 173 Å². The normalized spacial score (nSPS) is 22.8. The molecule has 6 heteroatoms. The highest BCUT2D eigenvalue weighted by Gasteiger charge is 2.49. The predicted octanol–water partition coefficient (Wildman–Crippen LogP) is 3.72. The molecule has 0 aromatic heterocycles. The van der Waals surface area contributed by atoms with Crippen LogP contribution in [-0.2, 0) is 9.53 Å². The van der Waals surface area contributed by atoms with Crippen LogP contribution >= 0.6 is 0 Å². The fraction of sp³-hybridized carbons (Fsp3) is 0.652. The summed E-state index contributed by atoms with van der Waals surface area (Å²) >= 11 is 0. The van der Waals surface area contributed by atoms with E-state index in [1.165, 1.54) is 0 Å². The fourth-order valence-electron chi connectivity index (χ4n) is 4.37. The molecule has 0 aliphatic carbocycles. The Morgan fingerprint density at radius 2 is 2.03 bits per heavy atom. The van der Waals surface area contributed by atoms with Crippen molar-refractivity contribution < 1.29 is 19.4 Å². The van der Waals surface area contributed by atoms with Crippen molar-refractivity contribution in [3.8, 4) is 11.8 Å². The summed E-state index contributed by atoms with van der Waals surface area (Å²) < 4.78 is 12.6. The van der Waals surface area contributed by atoms with E-state index in [-0.39, 0.29) is 24.7 Å². The van der Waals surface area contributed by atoms with Crippen molar-refractivity contribution in [2.24, 2.45) is 0 Å². The molecule has 1 N–H and O–H groups in total. The second kappa shape index (κ2) is 9.60. The fourth-order valence-corrected chi connectivity index (χ4v) is 4.37. The lowest BCUT2D eigenvalue weighted by Crippen LogP contribution is -2.55. The number of carbonyl (C=O) groups excluding carboxylic acids is 1. The van der Waals surface area contributed by atoms with Crippen LogP contribution in [0.25, 0.3) is 0 Å². The predicted molar refractivity (Wildman–Crippen MR) is 109 cm³/mol. The summed E-state index contributed by atoms with van der Waals surface area (Å²) in [6.07, 6.45) is 6.05. The van der Waals surface area contributed by atoms with Gasteiger partial charge in [-0.15, -0.1) is 0 Å². The molecular formula is C23H32N2O4. The van der Waals surface area contributed by atoms with Crippen LogP contribution < -0.4 is 4.74 Å². The Hall–Kier alpha value is -2.10. The lowest BCUT2D eigenvalue weighted by atomic mass is 9.84. The molecule has 0 saturated carbocycles. The van der Waals surface area contributed by atoms with Gasteiger partial charge in [-0.1, -0.05) is 19.3 Å². The topological polar surface area (TPSA) is 82.8 Å². The number of likely N-dealkylation sites (tertiary alicyclic amines) is 1. The van der Waals surface area contributed by atoms with Crippen LogP contribution in [0.4, 0.5) is 0 Å². The number of ether oxygens (including phenoxy) is 2. The number of rotatable bonds is 9. The van der Waals surface area contributed by atoms with Gasteiger partial charge in [0.15, 0.2) is 0 Å². The van der Waals surface area contributed by atoms with E-state index in [1.54, 1.807) is 6.07 Å². The Balaban J connectivity index is 1.80. The minimum Gasteiger partial charge on any atom is -0.485 e. The molecule has 1 amide bonds. The van der Waals surface area contributed by atoms with Crippen LogP contribution in [0.5, 0.6) is 5.75 Å². The molecule has 1 saturated heterocycles. The number of fused-ring (bicyclic) bond motifs is 1. The van der Waals surface area contributed by atoms with E-state index in [2.05, 4.69) is 6.07 Å². The largest absolute Gasteiger partial charge is 0.485 e. The van der Waals surface area contributed by atoms with Crippen molar-refractivity contribution in [1.29, 1.82) is 5.26 Å². The van der Waals surface area contributed by atoms with Crippen LogP contribution in [0.3, 0.4) is 0 Å². The maximum atomic E-state index is 12.6. The highest BCUT2D eigenvalue weighted by Crippen LogP contribution is 2.45. The van der Waals surface area contributed by atoms with Crippen LogP contribution in [-0.4, -0.2) is 47.4 Å². The lowest BCUT2D eigenvalue weighted by molar-refractivity contribution is -0.148. The van der Waals surface area contributed by atoms with E-state index in [0.29, 0.717) is 25.1 Å². The zero-order chi connectivity index (χ0) is 20.9.